The summed E-state index contributed by atoms with van der Waals surface area (Å²) in [5, 5.41) is 0. The summed E-state index contributed by atoms with van der Waals surface area (Å²) in [7, 11) is 0. The van der Waals surface area contributed by atoms with Crippen LogP contribution in [0.15, 0.2) is 65.3 Å². The number of ether oxygens (including phenoxy) is 1. The van der Waals surface area contributed by atoms with Crippen LogP contribution in [-0.2, 0) is 6.42 Å². The molecule has 0 saturated heterocycles. The number of rotatable bonds is 3. The maximum atomic E-state index is 12.8. The van der Waals surface area contributed by atoms with E-state index < -0.39 is 0 Å². The first-order chi connectivity index (χ1) is 12.2. The van der Waals surface area contributed by atoms with Gasteiger partial charge < -0.3 is 19.8 Å². The third-order valence-electron chi connectivity index (χ3n) is 4.27. The number of anilines is 2. The van der Waals surface area contributed by atoms with Gasteiger partial charge in [-0.05, 0) is 60.9 Å². The lowest BCUT2D eigenvalue weighted by Crippen LogP contribution is -2.35. The quantitative estimate of drug-likeness (QED) is 0.727. The standard InChI is InChI=1S/C20H18N2O3/c21-15-8-10-16(11-9-15)25-17-6-1-4-14-5-2-12-22(19(14)17)20(23)18-7-3-13-24-18/h1,3-4,6-11,13H,2,5,12,21H2. The number of hydrogen-bond donors (Lipinski definition) is 1. The zero-order chi connectivity index (χ0) is 17.2. The van der Waals surface area contributed by atoms with E-state index in [4.69, 9.17) is 14.9 Å². The van der Waals surface area contributed by atoms with Crippen molar-refractivity contribution in [3.05, 3.63) is 72.2 Å². The molecule has 25 heavy (non-hydrogen) atoms. The Bertz CT molecular complexity index is 886. The Morgan fingerprint density at radius 2 is 1.92 bits per heavy atom. The van der Waals surface area contributed by atoms with Gasteiger partial charge >= 0.3 is 0 Å². The Labute approximate surface area is 145 Å². The fourth-order valence-corrected chi connectivity index (χ4v) is 3.10. The number of furan rings is 1. The van der Waals surface area contributed by atoms with E-state index in [1.807, 2.05) is 30.3 Å². The molecule has 0 aliphatic carbocycles. The van der Waals surface area contributed by atoms with Crippen molar-refractivity contribution in [1.29, 1.82) is 0 Å². The molecule has 0 spiro atoms. The number of para-hydroxylation sites is 1. The van der Waals surface area contributed by atoms with Gasteiger partial charge in [-0.2, -0.15) is 0 Å². The monoisotopic (exact) mass is 334 g/mol. The van der Waals surface area contributed by atoms with E-state index in [2.05, 4.69) is 0 Å². The van der Waals surface area contributed by atoms with Gasteiger partial charge in [-0.1, -0.05) is 12.1 Å². The highest BCUT2D eigenvalue weighted by Gasteiger charge is 2.28. The van der Waals surface area contributed by atoms with Crippen molar-refractivity contribution in [1.82, 2.24) is 0 Å². The van der Waals surface area contributed by atoms with Crippen molar-refractivity contribution in [2.24, 2.45) is 0 Å². The largest absolute Gasteiger partial charge is 0.459 e. The molecule has 1 aromatic heterocycles. The first kappa shape index (κ1) is 15.3. The van der Waals surface area contributed by atoms with Crippen LogP contribution < -0.4 is 15.4 Å². The third kappa shape index (κ3) is 2.96. The molecule has 3 aromatic rings. The van der Waals surface area contributed by atoms with Gasteiger partial charge in [0.15, 0.2) is 11.5 Å². The van der Waals surface area contributed by atoms with Crippen LogP contribution in [0.5, 0.6) is 11.5 Å². The van der Waals surface area contributed by atoms with Crippen LogP contribution in [0, 0.1) is 0 Å². The number of aryl methyl sites for hydroxylation is 1. The second-order valence-electron chi connectivity index (χ2n) is 5.97. The fourth-order valence-electron chi connectivity index (χ4n) is 3.10. The maximum Gasteiger partial charge on any atom is 0.294 e. The van der Waals surface area contributed by atoms with Crippen LogP contribution in [0.4, 0.5) is 11.4 Å². The number of nitrogens with zero attached hydrogens (tertiary/aromatic N) is 1. The van der Waals surface area contributed by atoms with Crippen LogP contribution in [-0.4, -0.2) is 12.5 Å². The van der Waals surface area contributed by atoms with Crippen molar-refractivity contribution in [2.75, 3.05) is 17.2 Å². The van der Waals surface area contributed by atoms with Crippen molar-refractivity contribution in [3.63, 3.8) is 0 Å². The van der Waals surface area contributed by atoms with Gasteiger partial charge in [0, 0.05) is 12.2 Å². The summed E-state index contributed by atoms with van der Waals surface area (Å²) in [5.74, 6) is 1.51. The molecule has 126 valence electrons. The van der Waals surface area contributed by atoms with Gasteiger partial charge in [0.1, 0.15) is 5.75 Å². The Morgan fingerprint density at radius 1 is 1.08 bits per heavy atom. The molecule has 1 amide bonds. The van der Waals surface area contributed by atoms with E-state index in [1.165, 1.54) is 6.26 Å². The predicted molar refractivity (Wildman–Crippen MR) is 96.1 cm³/mol. The van der Waals surface area contributed by atoms with Crippen molar-refractivity contribution in [2.45, 2.75) is 12.8 Å². The van der Waals surface area contributed by atoms with E-state index in [9.17, 15) is 4.79 Å². The summed E-state index contributed by atoms with van der Waals surface area (Å²) >= 11 is 0. The number of hydrogen-bond acceptors (Lipinski definition) is 4. The number of nitrogens with two attached hydrogens (primary N) is 1. The van der Waals surface area contributed by atoms with Gasteiger partial charge in [-0.15, -0.1) is 0 Å². The minimum Gasteiger partial charge on any atom is -0.459 e. The van der Waals surface area contributed by atoms with Crippen LogP contribution in [0.1, 0.15) is 22.5 Å². The van der Waals surface area contributed by atoms with Crippen LogP contribution in [0.25, 0.3) is 0 Å². The van der Waals surface area contributed by atoms with Gasteiger partial charge in [0.05, 0.1) is 12.0 Å². The molecule has 5 heteroatoms. The van der Waals surface area contributed by atoms with Gasteiger partial charge in [0.2, 0.25) is 0 Å². The van der Waals surface area contributed by atoms with E-state index in [1.54, 1.807) is 29.2 Å². The molecule has 2 N–H and O–H groups in total. The Morgan fingerprint density at radius 3 is 2.68 bits per heavy atom. The molecule has 1 aliphatic rings. The predicted octanol–water partition coefficient (Wildman–Crippen LogP) is 4.25. The Kier molecular flexibility index (Phi) is 3.90. The van der Waals surface area contributed by atoms with Gasteiger partial charge in [-0.3, -0.25) is 4.79 Å². The molecular formula is C20H18N2O3. The molecule has 5 nitrogen and oxygen atoms in total. The lowest BCUT2D eigenvalue weighted by Gasteiger charge is -2.30. The summed E-state index contributed by atoms with van der Waals surface area (Å²) in [6, 6.07) is 16.5. The van der Waals surface area contributed by atoms with Crippen LogP contribution in [0.3, 0.4) is 0 Å². The zero-order valence-electron chi connectivity index (χ0n) is 13.6. The second-order valence-corrected chi connectivity index (χ2v) is 5.97. The topological polar surface area (TPSA) is 68.7 Å². The average molecular weight is 334 g/mol. The summed E-state index contributed by atoms with van der Waals surface area (Å²) in [5.41, 5.74) is 8.31. The van der Waals surface area contributed by atoms with Crippen molar-refractivity contribution >= 4 is 17.3 Å². The number of fused-ring (bicyclic) bond motifs is 1. The molecule has 0 saturated carbocycles. The van der Waals surface area contributed by atoms with Crippen LogP contribution in [0.2, 0.25) is 0 Å². The third-order valence-corrected chi connectivity index (χ3v) is 4.27. The SMILES string of the molecule is Nc1ccc(Oc2cccc3c2N(C(=O)c2ccco2)CCC3)cc1. The van der Waals surface area contributed by atoms with E-state index in [-0.39, 0.29) is 5.91 Å². The smallest absolute Gasteiger partial charge is 0.294 e. The van der Waals surface area contributed by atoms with E-state index >= 15 is 0 Å². The number of carbonyl (C=O) groups excluding carboxylic acids is 1. The summed E-state index contributed by atoms with van der Waals surface area (Å²) in [4.78, 5) is 14.6. The Balaban J connectivity index is 1.72. The summed E-state index contributed by atoms with van der Waals surface area (Å²) in [6.45, 7) is 0.634. The molecule has 1 aliphatic heterocycles. The molecular weight excluding hydrogens is 316 g/mol. The number of benzene rings is 2. The lowest BCUT2D eigenvalue weighted by molar-refractivity contribution is 0.0958. The zero-order valence-corrected chi connectivity index (χ0v) is 13.6. The molecule has 0 unspecified atom stereocenters. The van der Waals surface area contributed by atoms with Gasteiger partial charge in [0.25, 0.3) is 5.91 Å². The van der Waals surface area contributed by atoms with E-state index in [0.717, 1.165) is 24.1 Å². The molecule has 0 bridgehead atoms. The minimum atomic E-state index is -0.153. The molecule has 0 fully saturated rings. The van der Waals surface area contributed by atoms with Crippen molar-refractivity contribution in [3.8, 4) is 11.5 Å². The van der Waals surface area contributed by atoms with Gasteiger partial charge in [-0.25, -0.2) is 0 Å². The lowest BCUT2D eigenvalue weighted by atomic mass is 10.0. The molecule has 0 radical (unpaired) electrons. The highest BCUT2D eigenvalue weighted by molar-refractivity contribution is 6.05. The number of carbonyl (C=O) groups is 1. The average Bonchev–Trinajstić information content (AvgIpc) is 3.17. The molecule has 2 heterocycles. The summed E-state index contributed by atoms with van der Waals surface area (Å²) in [6.07, 6.45) is 3.33. The fraction of sp³-hybridized carbons (Fsp3) is 0.150. The normalized spacial score (nSPS) is 13.4. The van der Waals surface area contributed by atoms with Crippen molar-refractivity contribution < 1.29 is 13.9 Å². The first-order valence-corrected chi connectivity index (χ1v) is 8.23. The molecule has 4 rings (SSSR count). The molecule has 0 atom stereocenters. The Hall–Kier alpha value is -3.21. The highest BCUT2D eigenvalue weighted by Crippen LogP contribution is 2.39. The van der Waals surface area contributed by atoms with Crippen LogP contribution >= 0.6 is 0 Å². The minimum absolute atomic E-state index is 0.153. The highest BCUT2D eigenvalue weighted by atomic mass is 16.5. The summed E-state index contributed by atoms with van der Waals surface area (Å²) < 4.78 is 11.3. The number of amides is 1. The first-order valence-electron chi connectivity index (χ1n) is 8.23. The molecule has 2 aromatic carbocycles. The number of nitrogen functional groups attached to an aromatic ring is 1. The second kappa shape index (κ2) is 6.36. The maximum absolute atomic E-state index is 12.8. The van der Waals surface area contributed by atoms with E-state index in [0.29, 0.717) is 29.5 Å².